The molecule has 1 atom stereocenters. The van der Waals surface area contributed by atoms with Gasteiger partial charge in [0.1, 0.15) is 5.82 Å². The van der Waals surface area contributed by atoms with Crippen molar-refractivity contribution in [1.82, 2.24) is 20.1 Å². The van der Waals surface area contributed by atoms with E-state index in [9.17, 15) is 9.18 Å². The highest BCUT2D eigenvalue weighted by atomic mass is 35.5. The Labute approximate surface area is 207 Å². The van der Waals surface area contributed by atoms with Crippen LogP contribution in [0.1, 0.15) is 45.8 Å². The van der Waals surface area contributed by atoms with Crippen molar-refractivity contribution in [2.24, 2.45) is 0 Å². The highest BCUT2D eigenvalue weighted by Gasteiger charge is 2.23. The SMILES string of the molecule is Cc1ccccc1CSc1nnc(C(C)NC(=O)c2ccccc2F)n1-c1cc(Cl)ccc1C. The van der Waals surface area contributed by atoms with Gasteiger partial charge in [-0.15, -0.1) is 10.2 Å². The number of rotatable bonds is 7. The molecule has 174 valence electrons. The lowest BCUT2D eigenvalue weighted by Crippen LogP contribution is -2.29. The number of nitrogens with one attached hydrogen (secondary N) is 1. The molecule has 0 spiro atoms. The van der Waals surface area contributed by atoms with E-state index in [1.165, 1.54) is 23.3 Å². The van der Waals surface area contributed by atoms with Crippen LogP contribution in [-0.2, 0) is 5.75 Å². The van der Waals surface area contributed by atoms with Gasteiger partial charge < -0.3 is 5.32 Å². The molecule has 1 N–H and O–H groups in total. The monoisotopic (exact) mass is 494 g/mol. The third kappa shape index (κ3) is 5.16. The molecule has 4 aromatic rings. The Kier molecular flexibility index (Phi) is 7.34. The highest BCUT2D eigenvalue weighted by Crippen LogP contribution is 2.31. The van der Waals surface area contributed by atoms with Crippen molar-refractivity contribution in [3.63, 3.8) is 0 Å². The van der Waals surface area contributed by atoms with Gasteiger partial charge in [0.05, 0.1) is 17.3 Å². The van der Waals surface area contributed by atoms with Gasteiger partial charge in [-0.2, -0.15) is 0 Å². The molecule has 5 nitrogen and oxygen atoms in total. The van der Waals surface area contributed by atoms with E-state index < -0.39 is 17.8 Å². The maximum Gasteiger partial charge on any atom is 0.254 e. The Morgan fingerprint density at radius 3 is 2.56 bits per heavy atom. The largest absolute Gasteiger partial charge is 0.342 e. The molecule has 1 aromatic heterocycles. The van der Waals surface area contributed by atoms with Crippen LogP contribution in [0.15, 0.2) is 71.9 Å². The fraction of sp³-hybridized carbons (Fsp3) is 0.192. The molecular weight excluding hydrogens is 471 g/mol. The summed E-state index contributed by atoms with van der Waals surface area (Å²) in [6.07, 6.45) is 0. The molecule has 1 unspecified atom stereocenters. The van der Waals surface area contributed by atoms with E-state index in [2.05, 4.69) is 34.6 Å². The van der Waals surface area contributed by atoms with Gasteiger partial charge in [0.25, 0.3) is 5.91 Å². The molecule has 0 radical (unpaired) electrons. The van der Waals surface area contributed by atoms with E-state index >= 15 is 0 Å². The van der Waals surface area contributed by atoms with Gasteiger partial charge in [-0.25, -0.2) is 4.39 Å². The molecule has 1 heterocycles. The summed E-state index contributed by atoms with van der Waals surface area (Å²) < 4.78 is 16.0. The normalized spacial score (nSPS) is 11.9. The summed E-state index contributed by atoms with van der Waals surface area (Å²) in [6.45, 7) is 5.86. The van der Waals surface area contributed by atoms with E-state index in [1.807, 2.05) is 41.8 Å². The highest BCUT2D eigenvalue weighted by molar-refractivity contribution is 7.98. The van der Waals surface area contributed by atoms with Crippen molar-refractivity contribution < 1.29 is 9.18 Å². The van der Waals surface area contributed by atoms with Crippen molar-refractivity contribution in [2.75, 3.05) is 0 Å². The number of carbonyl (C=O) groups is 1. The summed E-state index contributed by atoms with van der Waals surface area (Å²) in [4.78, 5) is 12.7. The van der Waals surface area contributed by atoms with Gasteiger partial charge in [-0.05, 0) is 61.7 Å². The molecule has 0 aliphatic carbocycles. The van der Waals surface area contributed by atoms with Gasteiger partial charge in [0.15, 0.2) is 11.0 Å². The lowest BCUT2D eigenvalue weighted by atomic mass is 10.1. The van der Waals surface area contributed by atoms with Crippen LogP contribution in [0.2, 0.25) is 5.02 Å². The number of nitrogens with zero attached hydrogens (tertiary/aromatic N) is 3. The lowest BCUT2D eigenvalue weighted by molar-refractivity contribution is 0.0934. The smallest absolute Gasteiger partial charge is 0.254 e. The molecule has 4 rings (SSSR count). The number of carbonyl (C=O) groups excluding carboxylic acids is 1. The number of hydrogen-bond donors (Lipinski definition) is 1. The van der Waals surface area contributed by atoms with Crippen LogP contribution in [-0.4, -0.2) is 20.7 Å². The third-order valence-electron chi connectivity index (χ3n) is 5.54. The summed E-state index contributed by atoms with van der Waals surface area (Å²) in [5, 5.41) is 12.9. The van der Waals surface area contributed by atoms with Crippen LogP contribution >= 0.6 is 23.4 Å². The first-order valence-electron chi connectivity index (χ1n) is 10.8. The molecular formula is C26H24ClFN4OS. The van der Waals surface area contributed by atoms with Gasteiger partial charge in [-0.3, -0.25) is 9.36 Å². The molecule has 1 amide bonds. The number of thioether (sulfide) groups is 1. The third-order valence-corrected chi connectivity index (χ3v) is 6.75. The zero-order valence-corrected chi connectivity index (χ0v) is 20.6. The van der Waals surface area contributed by atoms with E-state index in [0.29, 0.717) is 21.8 Å². The Morgan fingerprint density at radius 2 is 1.79 bits per heavy atom. The van der Waals surface area contributed by atoms with Crippen LogP contribution < -0.4 is 5.32 Å². The van der Waals surface area contributed by atoms with E-state index in [-0.39, 0.29) is 5.56 Å². The Hall–Kier alpha value is -3.16. The average Bonchev–Trinajstić information content (AvgIpc) is 3.24. The predicted molar refractivity (Wildman–Crippen MR) is 134 cm³/mol. The molecule has 0 saturated heterocycles. The van der Waals surface area contributed by atoms with Crippen LogP contribution in [0.3, 0.4) is 0 Å². The number of hydrogen-bond acceptors (Lipinski definition) is 4. The van der Waals surface area contributed by atoms with Crippen LogP contribution in [0.5, 0.6) is 0 Å². The summed E-state index contributed by atoms with van der Waals surface area (Å²) >= 11 is 7.87. The first kappa shape index (κ1) is 24.0. The number of halogens is 2. The van der Waals surface area contributed by atoms with Crippen LogP contribution in [0.4, 0.5) is 4.39 Å². The molecule has 0 saturated carbocycles. The fourth-order valence-corrected chi connectivity index (χ4v) is 4.80. The molecule has 34 heavy (non-hydrogen) atoms. The second-order valence-electron chi connectivity index (χ2n) is 8.00. The zero-order chi connectivity index (χ0) is 24.2. The second kappa shape index (κ2) is 10.4. The number of benzene rings is 3. The standard InChI is InChI=1S/C26H24ClFN4OS/c1-16-8-4-5-9-19(16)15-34-26-31-30-24(32(26)23-14-20(27)13-12-17(23)2)18(3)29-25(33)21-10-6-7-11-22(21)28/h4-14,18H,15H2,1-3H3,(H,29,33). The predicted octanol–water partition coefficient (Wildman–Crippen LogP) is 6.46. The molecule has 0 aliphatic heterocycles. The average molecular weight is 495 g/mol. The zero-order valence-electron chi connectivity index (χ0n) is 19.0. The van der Waals surface area contributed by atoms with Gasteiger partial charge in [0, 0.05) is 10.8 Å². The molecule has 0 bridgehead atoms. The minimum atomic E-state index is -0.575. The van der Waals surface area contributed by atoms with Gasteiger partial charge >= 0.3 is 0 Å². The van der Waals surface area contributed by atoms with Crippen LogP contribution in [0, 0.1) is 19.7 Å². The fourth-order valence-electron chi connectivity index (χ4n) is 3.60. The quantitative estimate of drug-likeness (QED) is 0.299. The lowest BCUT2D eigenvalue weighted by Gasteiger charge is -2.18. The van der Waals surface area contributed by atoms with E-state index in [1.54, 1.807) is 30.8 Å². The summed E-state index contributed by atoms with van der Waals surface area (Å²) in [6, 6.07) is 19.2. The maximum atomic E-state index is 14.1. The molecule has 0 aliphatic rings. The second-order valence-corrected chi connectivity index (χ2v) is 9.38. The molecule has 0 fully saturated rings. The van der Waals surface area contributed by atoms with Gasteiger partial charge in [0.2, 0.25) is 0 Å². The summed E-state index contributed by atoms with van der Waals surface area (Å²) in [5.74, 6) is 0.147. The number of amides is 1. The number of aryl methyl sites for hydroxylation is 2. The summed E-state index contributed by atoms with van der Waals surface area (Å²) in [5.41, 5.74) is 4.19. The van der Waals surface area contributed by atoms with E-state index in [0.717, 1.165) is 11.3 Å². The first-order chi connectivity index (χ1) is 16.3. The van der Waals surface area contributed by atoms with Crippen molar-refractivity contribution >= 4 is 29.3 Å². The first-order valence-corrected chi connectivity index (χ1v) is 12.2. The van der Waals surface area contributed by atoms with Crippen molar-refractivity contribution in [2.45, 2.75) is 37.7 Å². The number of aromatic nitrogens is 3. The van der Waals surface area contributed by atoms with Gasteiger partial charge in [-0.1, -0.05) is 65.8 Å². The molecule has 3 aromatic carbocycles. The Morgan fingerprint density at radius 1 is 1.06 bits per heavy atom. The van der Waals surface area contributed by atoms with Crippen molar-refractivity contribution in [3.8, 4) is 5.69 Å². The Balaban J connectivity index is 1.69. The minimum Gasteiger partial charge on any atom is -0.342 e. The minimum absolute atomic E-state index is 0.0199. The Bertz CT molecular complexity index is 1340. The van der Waals surface area contributed by atoms with Crippen LogP contribution in [0.25, 0.3) is 5.69 Å². The maximum absolute atomic E-state index is 14.1. The molecule has 8 heteroatoms. The topological polar surface area (TPSA) is 59.8 Å². The van der Waals surface area contributed by atoms with Crippen molar-refractivity contribution in [3.05, 3.63) is 106 Å². The van der Waals surface area contributed by atoms with E-state index in [4.69, 9.17) is 11.6 Å². The summed E-state index contributed by atoms with van der Waals surface area (Å²) in [7, 11) is 0. The van der Waals surface area contributed by atoms with Crippen molar-refractivity contribution in [1.29, 1.82) is 0 Å².